The molecule has 0 unspecified atom stereocenters. The van der Waals surface area contributed by atoms with E-state index in [2.05, 4.69) is 40.5 Å². The highest BCUT2D eigenvalue weighted by Crippen LogP contribution is 2.28. The summed E-state index contributed by atoms with van der Waals surface area (Å²) in [6, 6.07) is 7.67. The van der Waals surface area contributed by atoms with Crippen molar-refractivity contribution in [2.24, 2.45) is 0 Å². The predicted molar refractivity (Wildman–Crippen MR) is 181 cm³/mol. The van der Waals surface area contributed by atoms with Crippen molar-refractivity contribution in [2.45, 2.75) is 9.79 Å². The van der Waals surface area contributed by atoms with Crippen LogP contribution in [0.25, 0.3) is 12.2 Å². The molecule has 2 heterocycles. The minimum absolute atomic E-state index is 0.0308. The average Bonchev–Trinajstić information content (AvgIpc) is 3.07. The third-order valence-electron chi connectivity index (χ3n) is 6.66. The van der Waals surface area contributed by atoms with Crippen LogP contribution in [0.4, 0.5) is 35.2 Å². The molecule has 0 spiro atoms. The van der Waals surface area contributed by atoms with Gasteiger partial charge >= 0.3 is 12.0 Å². The molecule has 2 aromatic carbocycles. The number of methoxy groups -OCH3 is 2. The first-order valence-electron chi connectivity index (χ1n) is 14.3. The van der Waals surface area contributed by atoms with Crippen LogP contribution in [0.5, 0.6) is 12.0 Å². The van der Waals surface area contributed by atoms with Crippen LogP contribution in [0.3, 0.4) is 0 Å². The smallest absolute Gasteiger partial charge is 0.322 e. The Labute approximate surface area is 287 Å². The molecule has 0 amide bonds. The minimum Gasteiger partial charge on any atom is -0.467 e. The Morgan fingerprint density at radius 2 is 1.04 bits per heavy atom. The fourth-order valence-electron chi connectivity index (χ4n) is 4.21. The van der Waals surface area contributed by atoms with Crippen LogP contribution in [-0.2, 0) is 20.2 Å². The van der Waals surface area contributed by atoms with Gasteiger partial charge in [0.25, 0.3) is 20.2 Å². The maximum absolute atomic E-state index is 12.4. The highest BCUT2D eigenvalue weighted by Gasteiger charge is 2.19. The molecule has 50 heavy (non-hydrogen) atoms. The van der Waals surface area contributed by atoms with Gasteiger partial charge in [-0.1, -0.05) is 24.3 Å². The van der Waals surface area contributed by atoms with Crippen LogP contribution in [0.2, 0.25) is 0 Å². The molecule has 0 aliphatic rings. The molecule has 22 heteroatoms. The predicted octanol–water partition coefficient (Wildman–Crippen LogP) is 1.08. The second-order valence-corrected chi connectivity index (χ2v) is 13.0. The van der Waals surface area contributed by atoms with Crippen LogP contribution in [0, 0.1) is 0 Å². The van der Waals surface area contributed by atoms with E-state index in [0.717, 1.165) is 12.1 Å². The number of likely N-dealkylation sites (N-methyl/N-ethyl adjacent to an activating group) is 2. The molecule has 20 nitrogen and oxygen atoms in total. The average molecular weight is 735 g/mol. The van der Waals surface area contributed by atoms with Gasteiger partial charge in [0.1, 0.15) is 9.79 Å². The van der Waals surface area contributed by atoms with Crippen molar-refractivity contribution in [2.75, 3.05) is 75.1 Å². The second kappa shape index (κ2) is 16.0. The summed E-state index contributed by atoms with van der Waals surface area (Å²) in [6.07, 6.45) is 2.47. The van der Waals surface area contributed by atoms with Crippen LogP contribution in [0.15, 0.2) is 46.2 Å². The third kappa shape index (κ3) is 9.67. The summed E-state index contributed by atoms with van der Waals surface area (Å²) in [7, 11) is -3.70. The molecule has 0 aliphatic heterocycles. The summed E-state index contributed by atoms with van der Waals surface area (Å²) >= 11 is 0. The van der Waals surface area contributed by atoms with E-state index in [1.807, 2.05) is 0 Å². The van der Waals surface area contributed by atoms with Crippen molar-refractivity contribution in [1.82, 2.24) is 29.9 Å². The first kappa shape index (κ1) is 37.6. The first-order chi connectivity index (χ1) is 23.6. The number of nitrogens with zero attached hydrogens (tertiary/aromatic N) is 8. The van der Waals surface area contributed by atoms with Crippen molar-refractivity contribution in [3.8, 4) is 12.0 Å². The van der Waals surface area contributed by atoms with Crippen LogP contribution in [-0.4, -0.2) is 121 Å². The van der Waals surface area contributed by atoms with E-state index in [1.165, 1.54) is 60.4 Å². The number of aliphatic hydroxyl groups excluding tert-OH is 2. The van der Waals surface area contributed by atoms with Crippen LogP contribution >= 0.6 is 0 Å². The Morgan fingerprint density at radius 3 is 1.36 bits per heavy atom. The molecule has 0 aliphatic carbocycles. The maximum Gasteiger partial charge on any atom is 0.322 e. The number of hydrogen-bond donors (Lipinski definition) is 6. The molecule has 4 aromatic rings. The Bertz CT molecular complexity index is 1940. The normalized spacial score (nSPS) is 11.8. The van der Waals surface area contributed by atoms with Crippen molar-refractivity contribution >= 4 is 67.6 Å². The van der Waals surface area contributed by atoms with E-state index in [-0.39, 0.29) is 84.6 Å². The molecular weight excluding hydrogens is 701 g/mol. The zero-order valence-electron chi connectivity index (χ0n) is 27.1. The van der Waals surface area contributed by atoms with E-state index in [1.54, 1.807) is 14.1 Å². The van der Waals surface area contributed by atoms with Crippen molar-refractivity contribution in [3.05, 3.63) is 47.5 Å². The van der Waals surface area contributed by atoms with E-state index in [9.17, 15) is 36.2 Å². The Morgan fingerprint density at radius 1 is 0.660 bits per heavy atom. The topological polar surface area (TPSA) is 276 Å². The van der Waals surface area contributed by atoms with Gasteiger partial charge in [-0.25, -0.2) is 0 Å². The fourth-order valence-corrected chi connectivity index (χ4v) is 5.63. The highest BCUT2D eigenvalue weighted by atomic mass is 32.2. The molecule has 6 N–H and O–H groups in total. The number of aliphatic hydroxyl groups is 2. The standard InChI is InChI=1S/C28H34N10O10S2/c1-37(11-13-39)25-31-23(33-27(35-25)47-3)29-19-9-7-17(21(15-19)49(41,42)43)5-6-18-8-10-20(16-22(18)50(44,45)46)30-24-32-26(38(2)12-14-40)36-28(34-24)48-4/h5-10,15-16,39-40H,11-14H2,1-4H3,(H,41,42,43)(H,44,45,46)(H,29,31,33,35)(H,30,32,34,36). The van der Waals surface area contributed by atoms with E-state index >= 15 is 0 Å². The van der Waals surface area contributed by atoms with Gasteiger partial charge in [-0.05, 0) is 35.4 Å². The monoisotopic (exact) mass is 734 g/mol. The Hall–Kier alpha value is -5.26. The lowest BCUT2D eigenvalue weighted by molar-refractivity contribution is 0.303. The summed E-state index contributed by atoms with van der Waals surface area (Å²) in [5, 5.41) is 24.1. The third-order valence-corrected chi connectivity index (χ3v) is 8.48. The lowest BCUT2D eigenvalue weighted by Crippen LogP contribution is -2.24. The number of aromatic nitrogens is 6. The molecule has 2 aromatic heterocycles. The van der Waals surface area contributed by atoms with Crippen molar-refractivity contribution in [1.29, 1.82) is 0 Å². The zero-order chi connectivity index (χ0) is 36.6. The first-order valence-corrected chi connectivity index (χ1v) is 17.2. The van der Waals surface area contributed by atoms with Gasteiger partial charge in [-0.3, -0.25) is 9.11 Å². The molecular formula is C28H34N10O10S2. The van der Waals surface area contributed by atoms with Gasteiger partial charge in [-0.2, -0.15) is 46.7 Å². The number of nitrogens with one attached hydrogen (secondary N) is 2. The summed E-state index contributed by atoms with van der Waals surface area (Å²) < 4.78 is 79.9. The summed E-state index contributed by atoms with van der Waals surface area (Å²) in [5.74, 6) is 0.248. The van der Waals surface area contributed by atoms with E-state index < -0.39 is 30.0 Å². The molecule has 268 valence electrons. The van der Waals surface area contributed by atoms with Gasteiger partial charge in [0.15, 0.2) is 0 Å². The Balaban J connectivity index is 1.67. The second-order valence-electron chi connectivity index (χ2n) is 10.2. The molecule has 4 rings (SSSR count). The van der Waals surface area contributed by atoms with Gasteiger partial charge < -0.3 is 40.1 Å². The number of anilines is 6. The quantitative estimate of drug-likeness (QED) is 0.0694. The zero-order valence-corrected chi connectivity index (χ0v) is 28.7. The van der Waals surface area contributed by atoms with Gasteiger partial charge in [0, 0.05) is 38.6 Å². The molecule has 0 fully saturated rings. The Kier molecular flexibility index (Phi) is 12.0. The van der Waals surface area contributed by atoms with Gasteiger partial charge in [-0.15, -0.1) is 0 Å². The molecule has 0 saturated heterocycles. The van der Waals surface area contributed by atoms with Crippen molar-refractivity contribution < 1.29 is 45.6 Å². The number of ether oxygens (including phenoxy) is 2. The van der Waals surface area contributed by atoms with E-state index in [4.69, 9.17) is 9.47 Å². The SMILES string of the molecule is COc1nc(Nc2ccc(C=Cc3ccc(Nc4nc(OC)nc(N(C)CCO)n4)cc3S(=O)(=O)O)c(S(=O)(=O)O)c2)nc(N(C)CCO)n1. The number of rotatable bonds is 16. The molecule has 0 saturated carbocycles. The van der Waals surface area contributed by atoms with E-state index in [0.29, 0.717) is 0 Å². The highest BCUT2D eigenvalue weighted by molar-refractivity contribution is 7.86. The lowest BCUT2D eigenvalue weighted by Gasteiger charge is -2.17. The lowest BCUT2D eigenvalue weighted by atomic mass is 10.1. The fraction of sp³-hybridized carbons (Fsp3) is 0.286. The molecule has 0 atom stereocenters. The molecule has 0 bridgehead atoms. The number of benzene rings is 2. The minimum atomic E-state index is -4.82. The molecule has 0 radical (unpaired) electrons. The summed E-state index contributed by atoms with van der Waals surface area (Å²) in [4.78, 5) is 26.9. The van der Waals surface area contributed by atoms with Gasteiger partial charge in [0.05, 0.1) is 27.4 Å². The van der Waals surface area contributed by atoms with Crippen molar-refractivity contribution in [3.63, 3.8) is 0 Å². The van der Waals surface area contributed by atoms with Crippen LogP contribution in [0.1, 0.15) is 11.1 Å². The summed E-state index contributed by atoms with van der Waals surface area (Å²) in [6.45, 7) is 0.0688. The van der Waals surface area contributed by atoms with Crippen LogP contribution < -0.4 is 29.9 Å². The largest absolute Gasteiger partial charge is 0.467 e. The van der Waals surface area contributed by atoms with Gasteiger partial charge in [0.2, 0.25) is 23.8 Å². The maximum atomic E-state index is 12.4. The number of hydrogen-bond acceptors (Lipinski definition) is 18. The summed E-state index contributed by atoms with van der Waals surface area (Å²) in [5.41, 5.74) is 0.229.